The summed E-state index contributed by atoms with van der Waals surface area (Å²) in [7, 11) is 2.30. The number of hydrogen-bond acceptors (Lipinski definition) is 8. The van der Waals surface area contributed by atoms with E-state index in [1.54, 1.807) is 30.3 Å². The van der Waals surface area contributed by atoms with Crippen molar-refractivity contribution < 1.29 is 29.0 Å². The summed E-state index contributed by atoms with van der Waals surface area (Å²) in [5, 5.41) is 19.1. The van der Waals surface area contributed by atoms with E-state index in [0.717, 1.165) is 14.2 Å². The molecule has 3 N–H and O–H groups in total. The first kappa shape index (κ1) is 22.1. The highest BCUT2D eigenvalue weighted by atomic mass is 16.5. The second kappa shape index (κ2) is 9.06. The number of benzene rings is 2. The van der Waals surface area contributed by atoms with E-state index in [0.29, 0.717) is 5.56 Å². The highest BCUT2D eigenvalue weighted by Gasteiger charge is 2.42. The van der Waals surface area contributed by atoms with E-state index in [-0.39, 0.29) is 33.9 Å². The van der Waals surface area contributed by atoms with Crippen LogP contribution >= 0.6 is 0 Å². The van der Waals surface area contributed by atoms with Gasteiger partial charge in [-0.25, -0.2) is 14.4 Å². The molecule has 2 aromatic rings. The number of carbonyl (C=O) groups is 3. The molecule has 0 radical (unpaired) electrons. The quantitative estimate of drug-likeness (QED) is 0.679. The molecule has 0 spiro atoms. The Hall–Kier alpha value is -4.58. The number of methoxy groups -OCH3 is 2. The molecule has 0 bridgehead atoms. The second-order valence-electron chi connectivity index (χ2n) is 6.69. The fourth-order valence-corrected chi connectivity index (χ4v) is 3.53. The van der Waals surface area contributed by atoms with Crippen LogP contribution in [0.15, 0.2) is 77.3 Å². The van der Waals surface area contributed by atoms with Gasteiger partial charge in [0.2, 0.25) is 0 Å². The van der Waals surface area contributed by atoms with Gasteiger partial charge < -0.3 is 20.3 Å². The molecule has 0 aliphatic carbocycles. The molecule has 9 nitrogen and oxygen atoms in total. The number of ether oxygens (including phenoxy) is 2. The molecular weight excluding hydrogens is 414 g/mol. The van der Waals surface area contributed by atoms with Gasteiger partial charge in [0.1, 0.15) is 11.5 Å². The molecule has 0 saturated carbocycles. The Labute approximate surface area is 183 Å². The Morgan fingerprint density at radius 2 is 1.59 bits per heavy atom. The molecule has 162 valence electrons. The molecular formula is C23H19N3O6. The zero-order valence-corrected chi connectivity index (χ0v) is 17.2. The number of aromatic carboxylic acids is 1. The highest BCUT2D eigenvalue weighted by molar-refractivity contribution is 6.06. The maximum absolute atomic E-state index is 12.9. The molecule has 0 aromatic heterocycles. The summed E-state index contributed by atoms with van der Waals surface area (Å²) in [4.78, 5) is 38.2. The van der Waals surface area contributed by atoms with Crippen molar-refractivity contribution in [3.63, 3.8) is 0 Å². The average Bonchev–Trinajstić information content (AvgIpc) is 2.82. The molecule has 1 atom stereocenters. The van der Waals surface area contributed by atoms with Crippen LogP contribution in [0.5, 0.6) is 0 Å². The van der Waals surface area contributed by atoms with Crippen LogP contribution in [-0.4, -0.2) is 37.2 Å². The van der Waals surface area contributed by atoms with Gasteiger partial charge in [-0.15, -0.1) is 0 Å². The molecule has 2 aromatic carbocycles. The largest absolute Gasteiger partial charge is 0.478 e. The number of rotatable bonds is 5. The molecule has 1 unspecified atom stereocenters. The normalized spacial score (nSPS) is 15.8. The van der Waals surface area contributed by atoms with Crippen molar-refractivity contribution in [1.82, 2.24) is 0 Å². The van der Waals surface area contributed by atoms with Crippen molar-refractivity contribution in [3.05, 3.63) is 88.4 Å². The zero-order chi connectivity index (χ0) is 23.4. The standard InChI is InChI=1S/C23H19N3O6/c1-31-22(29)18-17(13-6-4-3-5-7-13)16(12-24)20(25)26(19(18)23(30)32-2)15-10-8-14(9-11-15)21(27)28/h3-11,17H,25H2,1-2H3,(H,27,28). The third-order valence-corrected chi connectivity index (χ3v) is 4.98. The van der Waals surface area contributed by atoms with E-state index >= 15 is 0 Å². The molecule has 1 heterocycles. The van der Waals surface area contributed by atoms with Crippen molar-refractivity contribution in [1.29, 1.82) is 5.26 Å². The number of carboxylic acid groups (broad SMARTS) is 1. The number of nitriles is 1. The summed E-state index contributed by atoms with van der Waals surface area (Å²) in [5.74, 6) is -3.94. The lowest BCUT2D eigenvalue weighted by Gasteiger charge is -2.35. The van der Waals surface area contributed by atoms with E-state index in [4.69, 9.17) is 20.3 Å². The molecule has 32 heavy (non-hydrogen) atoms. The number of anilines is 1. The number of carboxylic acids is 1. The van der Waals surface area contributed by atoms with Gasteiger partial charge in [0.25, 0.3) is 0 Å². The number of allylic oxidation sites excluding steroid dienone is 1. The van der Waals surface area contributed by atoms with Gasteiger partial charge in [-0.2, -0.15) is 5.26 Å². The topological polar surface area (TPSA) is 143 Å². The maximum Gasteiger partial charge on any atom is 0.355 e. The third kappa shape index (κ3) is 3.77. The number of hydrogen-bond donors (Lipinski definition) is 2. The molecule has 3 rings (SSSR count). The van der Waals surface area contributed by atoms with Crippen molar-refractivity contribution in [2.75, 3.05) is 19.1 Å². The second-order valence-corrected chi connectivity index (χ2v) is 6.69. The third-order valence-electron chi connectivity index (χ3n) is 4.98. The van der Waals surface area contributed by atoms with Crippen LogP contribution in [0.1, 0.15) is 21.8 Å². The molecule has 1 aliphatic heterocycles. The van der Waals surface area contributed by atoms with Gasteiger partial charge in [0.05, 0.1) is 42.9 Å². The number of nitrogens with two attached hydrogens (primary N) is 1. The van der Waals surface area contributed by atoms with Gasteiger partial charge in [0.15, 0.2) is 0 Å². The Morgan fingerprint density at radius 3 is 2.09 bits per heavy atom. The molecule has 0 amide bonds. The predicted octanol–water partition coefficient (Wildman–Crippen LogP) is 2.28. The summed E-state index contributed by atoms with van der Waals surface area (Å²) in [6.07, 6.45) is 0. The Bertz CT molecular complexity index is 1180. The van der Waals surface area contributed by atoms with Gasteiger partial charge in [-0.1, -0.05) is 30.3 Å². The lowest BCUT2D eigenvalue weighted by molar-refractivity contribution is -0.139. The van der Waals surface area contributed by atoms with Crippen LogP contribution in [-0.2, 0) is 19.1 Å². The Balaban J connectivity index is 2.36. The van der Waals surface area contributed by atoms with Crippen molar-refractivity contribution in [3.8, 4) is 6.07 Å². The van der Waals surface area contributed by atoms with Crippen LogP contribution in [0.25, 0.3) is 0 Å². The van der Waals surface area contributed by atoms with E-state index in [1.807, 2.05) is 6.07 Å². The minimum Gasteiger partial charge on any atom is -0.478 e. The molecule has 0 saturated heterocycles. The van der Waals surface area contributed by atoms with Gasteiger partial charge >= 0.3 is 17.9 Å². The fourth-order valence-electron chi connectivity index (χ4n) is 3.53. The van der Waals surface area contributed by atoms with Gasteiger partial charge in [-0.05, 0) is 29.8 Å². The Kier molecular flexibility index (Phi) is 6.26. The van der Waals surface area contributed by atoms with Crippen molar-refractivity contribution >= 4 is 23.6 Å². The van der Waals surface area contributed by atoms with E-state index in [2.05, 4.69) is 0 Å². The van der Waals surface area contributed by atoms with Crippen LogP contribution < -0.4 is 10.6 Å². The van der Waals surface area contributed by atoms with Gasteiger partial charge in [0, 0.05) is 5.69 Å². The first-order valence-electron chi connectivity index (χ1n) is 9.34. The van der Waals surface area contributed by atoms with Crippen LogP contribution in [0.3, 0.4) is 0 Å². The first-order valence-corrected chi connectivity index (χ1v) is 9.34. The van der Waals surface area contributed by atoms with Crippen LogP contribution in [0, 0.1) is 11.3 Å². The smallest absolute Gasteiger partial charge is 0.355 e. The summed E-state index contributed by atoms with van der Waals surface area (Å²) in [6.45, 7) is 0. The fraction of sp³-hybridized carbons (Fsp3) is 0.130. The Morgan fingerprint density at radius 1 is 1.00 bits per heavy atom. The monoisotopic (exact) mass is 433 g/mol. The maximum atomic E-state index is 12.9. The molecule has 1 aliphatic rings. The molecule has 9 heteroatoms. The van der Waals surface area contributed by atoms with E-state index in [1.165, 1.54) is 29.2 Å². The first-order chi connectivity index (χ1) is 15.3. The lowest BCUT2D eigenvalue weighted by atomic mass is 9.81. The van der Waals surface area contributed by atoms with Crippen molar-refractivity contribution in [2.24, 2.45) is 5.73 Å². The zero-order valence-electron chi connectivity index (χ0n) is 17.2. The summed E-state index contributed by atoms with van der Waals surface area (Å²) in [6, 6.07) is 16.1. The summed E-state index contributed by atoms with van der Waals surface area (Å²) in [5.41, 5.74) is 6.83. The van der Waals surface area contributed by atoms with Gasteiger partial charge in [-0.3, -0.25) is 4.90 Å². The van der Waals surface area contributed by atoms with E-state index < -0.39 is 23.8 Å². The van der Waals surface area contributed by atoms with Crippen molar-refractivity contribution in [2.45, 2.75) is 5.92 Å². The predicted molar refractivity (Wildman–Crippen MR) is 113 cm³/mol. The lowest BCUT2D eigenvalue weighted by Crippen LogP contribution is -2.40. The molecule has 0 fully saturated rings. The summed E-state index contributed by atoms with van der Waals surface area (Å²) < 4.78 is 9.88. The highest BCUT2D eigenvalue weighted by Crippen LogP contribution is 2.43. The van der Waals surface area contributed by atoms with Crippen LogP contribution in [0.2, 0.25) is 0 Å². The van der Waals surface area contributed by atoms with E-state index in [9.17, 15) is 19.6 Å². The van der Waals surface area contributed by atoms with Crippen LogP contribution in [0.4, 0.5) is 5.69 Å². The minimum absolute atomic E-state index is 0.00719. The number of nitrogens with zero attached hydrogens (tertiary/aromatic N) is 2. The summed E-state index contributed by atoms with van der Waals surface area (Å²) >= 11 is 0. The average molecular weight is 433 g/mol. The minimum atomic E-state index is -1.14. The SMILES string of the molecule is COC(=O)C1=C(C(=O)OC)N(c2ccc(C(=O)O)cc2)C(N)=C(C#N)C1c1ccccc1. The number of carbonyl (C=O) groups excluding carboxylic acids is 2. The number of esters is 2.